The highest BCUT2D eigenvalue weighted by atomic mass is 35.5. The molecule has 1 heterocycles. The van der Waals surface area contributed by atoms with E-state index in [9.17, 15) is 0 Å². The number of halogens is 1. The number of aromatic nitrogens is 1. The molecule has 0 amide bonds. The first-order chi connectivity index (χ1) is 6.86. The number of rotatable bonds is 2. The fourth-order valence-electron chi connectivity index (χ4n) is 1.36. The monoisotopic (exact) mass is 203 g/mol. The molecule has 2 heteroatoms. The molecule has 0 saturated carbocycles. The molecule has 1 aromatic heterocycles. The molecule has 14 heavy (non-hydrogen) atoms. The number of hydrogen-bond donors (Lipinski definition) is 0. The van der Waals surface area contributed by atoms with Crippen LogP contribution in [0.2, 0.25) is 5.02 Å². The zero-order valence-electron chi connectivity index (χ0n) is 7.65. The highest BCUT2D eigenvalue weighted by Gasteiger charge is 1.99. The lowest BCUT2D eigenvalue weighted by Crippen LogP contribution is -1.89. The smallest absolute Gasteiger partial charge is 0.0441 e. The molecule has 0 aliphatic rings. The first kappa shape index (κ1) is 9.22. The standard InChI is InChI=1S/C12H10ClN/c13-12-6-2-1-5-11(12)8-10-4-3-7-14-9-10/h1-7,9H,8H2. The Hall–Kier alpha value is -1.34. The van der Waals surface area contributed by atoms with Gasteiger partial charge >= 0.3 is 0 Å². The van der Waals surface area contributed by atoms with E-state index < -0.39 is 0 Å². The normalized spacial score (nSPS) is 10.1. The van der Waals surface area contributed by atoms with Crippen LogP contribution in [-0.2, 0) is 6.42 Å². The van der Waals surface area contributed by atoms with Crippen LogP contribution in [-0.4, -0.2) is 4.98 Å². The van der Waals surface area contributed by atoms with Gasteiger partial charge in [0.2, 0.25) is 0 Å². The number of hydrogen-bond acceptors (Lipinski definition) is 1. The lowest BCUT2D eigenvalue weighted by atomic mass is 10.1. The zero-order valence-corrected chi connectivity index (χ0v) is 8.41. The molecule has 0 bridgehead atoms. The van der Waals surface area contributed by atoms with Gasteiger partial charge in [0.15, 0.2) is 0 Å². The second-order valence-corrected chi connectivity index (χ2v) is 3.54. The van der Waals surface area contributed by atoms with Crippen molar-refractivity contribution < 1.29 is 0 Å². The Morgan fingerprint density at radius 2 is 1.93 bits per heavy atom. The average Bonchev–Trinajstić information content (AvgIpc) is 2.23. The molecular weight excluding hydrogens is 194 g/mol. The SMILES string of the molecule is Clc1ccccc1Cc1cccnc1. The van der Waals surface area contributed by atoms with Gasteiger partial charge < -0.3 is 0 Å². The van der Waals surface area contributed by atoms with Gasteiger partial charge in [0.1, 0.15) is 0 Å². The van der Waals surface area contributed by atoms with Crippen LogP contribution in [0.15, 0.2) is 48.8 Å². The summed E-state index contributed by atoms with van der Waals surface area (Å²) in [5.74, 6) is 0. The van der Waals surface area contributed by atoms with Crippen LogP contribution in [0.5, 0.6) is 0 Å². The molecule has 0 saturated heterocycles. The maximum atomic E-state index is 6.05. The topological polar surface area (TPSA) is 12.9 Å². The fraction of sp³-hybridized carbons (Fsp3) is 0.0833. The van der Waals surface area contributed by atoms with Crippen molar-refractivity contribution in [1.29, 1.82) is 0 Å². The second-order valence-electron chi connectivity index (χ2n) is 3.13. The van der Waals surface area contributed by atoms with Crippen LogP contribution in [0.1, 0.15) is 11.1 Å². The first-order valence-electron chi connectivity index (χ1n) is 4.48. The third-order valence-corrected chi connectivity index (χ3v) is 2.44. The average molecular weight is 204 g/mol. The molecule has 1 nitrogen and oxygen atoms in total. The van der Waals surface area contributed by atoms with E-state index in [-0.39, 0.29) is 0 Å². The van der Waals surface area contributed by atoms with Crippen molar-refractivity contribution in [3.8, 4) is 0 Å². The predicted molar refractivity (Wildman–Crippen MR) is 58.5 cm³/mol. The van der Waals surface area contributed by atoms with Crippen molar-refractivity contribution in [1.82, 2.24) is 4.98 Å². The Kier molecular flexibility index (Phi) is 2.80. The van der Waals surface area contributed by atoms with E-state index in [2.05, 4.69) is 11.1 Å². The van der Waals surface area contributed by atoms with Gasteiger partial charge in [-0.25, -0.2) is 0 Å². The summed E-state index contributed by atoms with van der Waals surface area (Å²) >= 11 is 6.05. The minimum atomic E-state index is 0.816. The quantitative estimate of drug-likeness (QED) is 0.730. The number of nitrogens with zero attached hydrogens (tertiary/aromatic N) is 1. The van der Waals surface area contributed by atoms with Crippen molar-refractivity contribution in [3.05, 3.63) is 64.9 Å². The highest BCUT2D eigenvalue weighted by Crippen LogP contribution is 2.18. The van der Waals surface area contributed by atoms with Crippen LogP contribution in [0.3, 0.4) is 0 Å². The van der Waals surface area contributed by atoms with E-state index in [1.807, 2.05) is 36.5 Å². The Morgan fingerprint density at radius 3 is 2.64 bits per heavy atom. The van der Waals surface area contributed by atoms with Crippen LogP contribution >= 0.6 is 11.6 Å². The molecule has 0 spiro atoms. The van der Waals surface area contributed by atoms with E-state index in [0.717, 1.165) is 17.0 Å². The summed E-state index contributed by atoms with van der Waals surface area (Å²) in [5, 5.41) is 0.816. The van der Waals surface area contributed by atoms with E-state index in [1.165, 1.54) is 5.56 Å². The Bertz CT molecular complexity index is 412. The summed E-state index contributed by atoms with van der Waals surface area (Å²) in [6.45, 7) is 0. The molecule has 0 fully saturated rings. The maximum Gasteiger partial charge on any atom is 0.0441 e. The fourth-order valence-corrected chi connectivity index (χ4v) is 1.57. The lowest BCUT2D eigenvalue weighted by Gasteiger charge is -2.02. The molecule has 0 atom stereocenters. The summed E-state index contributed by atoms with van der Waals surface area (Å²) in [4.78, 5) is 4.07. The van der Waals surface area contributed by atoms with Gasteiger partial charge in [-0.3, -0.25) is 4.98 Å². The van der Waals surface area contributed by atoms with Gasteiger partial charge in [0.05, 0.1) is 0 Å². The lowest BCUT2D eigenvalue weighted by molar-refractivity contribution is 1.15. The number of benzene rings is 1. The van der Waals surface area contributed by atoms with E-state index in [4.69, 9.17) is 11.6 Å². The number of pyridine rings is 1. The Balaban J connectivity index is 2.24. The molecule has 1 aromatic carbocycles. The molecular formula is C12H10ClN. The Morgan fingerprint density at radius 1 is 1.07 bits per heavy atom. The molecule has 0 N–H and O–H groups in total. The van der Waals surface area contributed by atoms with E-state index in [0.29, 0.717) is 0 Å². The maximum absolute atomic E-state index is 6.05. The van der Waals surface area contributed by atoms with Crippen molar-refractivity contribution >= 4 is 11.6 Å². The zero-order chi connectivity index (χ0) is 9.80. The van der Waals surface area contributed by atoms with Crippen LogP contribution in [0, 0.1) is 0 Å². The molecule has 70 valence electrons. The van der Waals surface area contributed by atoms with Crippen molar-refractivity contribution in [3.63, 3.8) is 0 Å². The van der Waals surface area contributed by atoms with Gasteiger partial charge in [0, 0.05) is 23.8 Å². The van der Waals surface area contributed by atoms with Gasteiger partial charge in [-0.15, -0.1) is 0 Å². The van der Waals surface area contributed by atoms with Gasteiger partial charge in [-0.1, -0.05) is 35.9 Å². The van der Waals surface area contributed by atoms with Crippen LogP contribution in [0.4, 0.5) is 0 Å². The van der Waals surface area contributed by atoms with Crippen molar-refractivity contribution in [2.75, 3.05) is 0 Å². The van der Waals surface area contributed by atoms with Crippen molar-refractivity contribution in [2.45, 2.75) is 6.42 Å². The third-order valence-electron chi connectivity index (χ3n) is 2.08. The molecule has 2 aromatic rings. The molecule has 0 aliphatic carbocycles. The molecule has 0 aliphatic heterocycles. The second kappa shape index (κ2) is 4.25. The van der Waals surface area contributed by atoms with Gasteiger partial charge in [-0.2, -0.15) is 0 Å². The summed E-state index contributed by atoms with van der Waals surface area (Å²) < 4.78 is 0. The summed E-state index contributed by atoms with van der Waals surface area (Å²) in [6, 6.07) is 11.9. The van der Waals surface area contributed by atoms with Crippen LogP contribution in [0.25, 0.3) is 0 Å². The molecule has 0 radical (unpaired) electrons. The summed E-state index contributed by atoms with van der Waals surface area (Å²) in [6.07, 6.45) is 4.48. The molecule has 2 rings (SSSR count). The highest BCUT2D eigenvalue weighted by molar-refractivity contribution is 6.31. The minimum absolute atomic E-state index is 0.816. The predicted octanol–water partition coefficient (Wildman–Crippen LogP) is 3.33. The summed E-state index contributed by atoms with van der Waals surface area (Å²) in [5.41, 5.74) is 2.32. The summed E-state index contributed by atoms with van der Waals surface area (Å²) in [7, 11) is 0. The van der Waals surface area contributed by atoms with E-state index >= 15 is 0 Å². The Labute approximate surface area is 88.4 Å². The van der Waals surface area contributed by atoms with Gasteiger partial charge in [-0.05, 0) is 23.3 Å². The first-order valence-corrected chi connectivity index (χ1v) is 4.86. The minimum Gasteiger partial charge on any atom is -0.264 e. The van der Waals surface area contributed by atoms with Gasteiger partial charge in [0.25, 0.3) is 0 Å². The van der Waals surface area contributed by atoms with Crippen molar-refractivity contribution in [2.24, 2.45) is 0 Å². The van der Waals surface area contributed by atoms with Crippen LogP contribution < -0.4 is 0 Å². The molecule has 0 unspecified atom stereocenters. The third kappa shape index (κ3) is 2.12. The largest absolute Gasteiger partial charge is 0.264 e. The van der Waals surface area contributed by atoms with E-state index in [1.54, 1.807) is 6.20 Å².